The zero-order chi connectivity index (χ0) is 15.6. The van der Waals surface area contributed by atoms with Crippen LogP contribution >= 0.6 is 11.6 Å². The standard InChI is InChI=1S/C11H15ClN2O5S/c1-11(2,5-6-15)13-20(18,19)8-3-4-9(12)10(7-8)14(16)17/h3-4,7,13,15H,5-6H2,1-2H3. The topological polar surface area (TPSA) is 110 Å². The van der Waals surface area contributed by atoms with E-state index in [1.54, 1.807) is 13.8 Å². The van der Waals surface area contributed by atoms with Gasteiger partial charge in [0.05, 0.1) is 9.82 Å². The van der Waals surface area contributed by atoms with Gasteiger partial charge < -0.3 is 5.11 Å². The van der Waals surface area contributed by atoms with E-state index in [0.717, 1.165) is 12.1 Å². The lowest BCUT2D eigenvalue weighted by Gasteiger charge is -2.24. The molecular weight excluding hydrogens is 308 g/mol. The molecule has 2 N–H and O–H groups in total. The second-order valence-electron chi connectivity index (χ2n) is 4.83. The SMILES string of the molecule is CC(C)(CCO)NS(=O)(=O)c1ccc(Cl)c([N+](=O)[O-])c1. The van der Waals surface area contributed by atoms with Crippen LogP contribution in [0, 0.1) is 10.1 Å². The van der Waals surface area contributed by atoms with Gasteiger partial charge in [0.1, 0.15) is 5.02 Å². The summed E-state index contributed by atoms with van der Waals surface area (Å²) in [5, 5.41) is 19.5. The highest BCUT2D eigenvalue weighted by Gasteiger charge is 2.27. The summed E-state index contributed by atoms with van der Waals surface area (Å²) < 4.78 is 26.7. The number of nitro groups is 1. The molecule has 0 aliphatic heterocycles. The summed E-state index contributed by atoms with van der Waals surface area (Å²) in [6.45, 7) is 3.02. The lowest BCUT2D eigenvalue weighted by molar-refractivity contribution is -0.384. The maximum absolute atomic E-state index is 12.2. The van der Waals surface area contributed by atoms with Gasteiger partial charge >= 0.3 is 0 Å². The average molecular weight is 323 g/mol. The van der Waals surface area contributed by atoms with E-state index in [1.165, 1.54) is 6.07 Å². The molecule has 9 heteroatoms. The first-order chi connectivity index (χ1) is 9.09. The van der Waals surface area contributed by atoms with Crippen LogP contribution in [0.1, 0.15) is 20.3 Å². The molecule has 0 fully saturated rings. The number of rotatable bonds is 6. The fraction of sp³-hybridized carbons (Fsp3) is 0.455. The Hall–Kier alpha value is -1.22. The summed E-state index contributed by atoms with van der Waals surface area (Å²) in [5.41, 5.74) is -1.35. The van der Waals surface area contributed by atoms with Crippen molar-refractivity contribution in [2.75, 3.05) is 6.61 Å². The van der Waals surface area contributed by atoms with Crippen LogP contribution in [0.5, 0.6) is 0 Å². The van der Waals surface area contributed by atoms with Crippen molar-refractivity contribution in [3.8, 4) is 0 Å². The Morgan fingerprint density at radius 2 is 2.05 bits per heavy atom. The second kappa shape index (κ2) is 6.04. The Balaban J connectivity index is 3.17. The third-order valence-corrected chi connectivity index (χ3v) is 4.59. The number of hydrogen-bond donors (Lipinski definition) is 2. The van der Waals surface area contributed by atoms with Crippen LogP contribution < -0.4 is 4.72 Å². The minimum atomic E-state index is -3.94. The van der Waals surface area contributed by atoms with E-state index in [1.807, 2.05) is 0 Å². The van der Waals surface area contributed by atoms with E-state index in [4.69, 9.17) is 16.7 Å². The van der Waals surface area contributed by atoms with Crippen LogP contribution in [0.3, 0.4) is 0 Å². The van der Waals surface area contributed by atoms with Gasteiger partial charge in [-0.1, -0.05) is 11.6 Å². The van der Waals surface area contributed by atoms with E-state index in [9.17, 15) is 18.5 Å². The van der Waals surface area contributed by atoms with Gasteiger partial charge in [-0.25, -0.2) is 13.1 Å². The number of hydrogen-bond acceptors (Lipinski definition) is 5. The minimum absolute atomic E-state index is 0.136. The largest absolute Gasteiger partial charge is 0.396 e. The molecule has 0 saturated carbocycles. The quantitative estimate of drug-likeness (QED) is 0.611. The van der Waals surface area contributed by atoms with E-state index in [2.05, 4.69) is 4.72 Å². The lowest BCUT2D eigenvalue weighted by Crippen LogP contribution is -2.43. The highest BCUT2D eigenvalue weighted by molar-refractivity contribution is 7.89. The fourth-order valence-electron chi connectivity index (χ4n) is 1.55. The van der Waals surface area contributed by atoms with Crippen molar-refractivity contribution < 1.29 is 18.4 Å². The van der Waals surface area contributed by atoms with Crippen molar-refractivity contribution in [3.63, 3.8) is 0 Å². The van der Waals surface area contributed by atoms with Gasteiger partial charge in [-0.05, 0) is 32.4 Å². The first-order valence-corrected chi connectivity index (χ1v) is 7.54. The van der Waals surface area contributed by atoms with Crippen molar-refractivity contribution in [2.24, 2.45) is 0 Å². The van der Waals surface area contributed by atoms with Crippen LogP contribution in [0.25, 0.3) is 0 Å². The van der Waals surface area contributed by atoms with Gasteiger partial charge in [0.15, 0.2) is 0 Å². The molecule has 0 spiro atoms. The molecule has 0 aliphatic rings. The maximum atomic E-state index is 12.2. The molecule has 0 heterocycles. The van der Waals surface area contributed by atoms with Crippen LogP contribution in [0.4, 0.5) is 5.69 Å². The molecule has 0 aliphatic carbocycles. The van der Waals surface area contributed by atoms with Crippen molar-refractivity contribution in [2.45, 2.75) is 30.7 Å². The number of nitrogens with zero attached hydrogens (tertiary/aromatic N) is 1. The Morgan fingerprint density at radius 1 is 1.45 bits per heavy atom. The van der Waals surface area contributed by atoms with Gasteiger partial charge in [-0.15, -0.1) is 0 Å². The van der Waals surface area contributed by atoms with Gasteiger partial charge in [0.25, 0.3) is 5.69 Å². The van der Waals surface area contributed by atoms with Gasteiger partial charge in [-0.3, -0.25) is 10.1 Å². The lowest BCUT2D eigenvalue weighted by atomic mass is 10.0. The first kappa shape index (κ1) is 16.8. The van der Waals surface area contributed by atoms with Gasteiger partial charge in [0, 0.05) is 18.2 Å². The molecular formula is C11H15ClN2O5S. The van der Waals surface area contributed by atoms with Gasteiger partial charge in [-0.2, -0.15) is 0 Å². The van der Waals surface area contributed by atoms with E-state index >= 15 is 0 Å². The molecule has 0 bridgehead atoms. The van der Waals surface area contributed by atoms with Crippen LogP contribution in [0.2, 0.25) is 5.02 Å². The maximum Gasteiger partial charge on any atom is 0.289 e. The average Bonchev–Trinajstić information content (AvgIpc) is 2.26. The molecule has 0 atom stereocenters. The summed E-state index contributed by atoms with van der Waals surface area (Å²) in [6.07, 6.45) is 0.210. The number of benzene rings is 1. The first-order valence-electron chi connectivity index (χ1n) is 5.68. The third kappa shape index (κ3) is 4.14. The Morgan fingerprint density at radius 3 is 2.55 bits per heavy atom. The van der Waals surface area contributed by atoms with Gasteiger partial charge in [0.2, 0.25) is 10.0 Å². The molecule has 0 saturated heterocycles. The molecule has 20 heavy (non-hydrogen) atoms. The number of nitro benzene ring substituents is 1. The van der Waals surface area contributed by atoms with E-state index in [0.29, 0.717) is 0 Å². The Kier molecular flexibility index (Phi) is 5.09. The summed E-state index contributed by atoms with van der Waals surface area (Å²) in [5.74, 6) is 0. The van der Waals surface area contributed by atoms with E-state index in [-0.39, 0.29) is 22.9 Å². The smallest absolute Gasteiger partial charge is 0.289 e. The molecule has 1 rings (SSSR count). The zero-order valence-electron chi connectivity index (χ0n) is 11.0. The third-order valence-electron chi connectivity index (χ3n) is 2.57. The Bertz CT molecular complexity index is 615. The second-order valence-corrected chi connectivity index (χ2v) is 6.92. The summed E-state index contributed by atoms with van der Waals surface area (Å²) in [7, 11) is -3.94. The molecule has 1 aromatic carbocycles. The van der Waals surface area contributed by atoms with Crippen molar-refractivity contribution in [1.29, 1.82) is 0 Å². The minimum Gasteiger partial charge on any atom is -0.396 e. The van der Waals surface area contributed by atoms with E-state index < -0.39 is 26.2 Å². The fourth-order valence-corrected chi connectivity index (χ4v) is 3.20. The monoisotopic (exact) mass is 322 g/mol. The number of halogens is 1. The van der Waals surface area contributed by atoms with Crippen LogP contribution in [0.15, 0.2) is 23.1 Å². The molecule has 0 amide bonds. The molecule has 0 radical (unpaired) electrons. The predicted molar refractivity (Wildman–Crippen MR) is 74.2 cm³/mol. The van der Waals surface area contributed by atoms with Crippen LogP contribution in [-0.4, -0.2) is 30.6 Å². The molecule has 1 aromatic rings. The van der Waals surface area contributed by atoms with Crippen molar-refractivity contribution >= 4 is 27.3 Å². The number of nitrogens with one attached hydrogen (secondary N) is 1. The molecule has 0 aromatic heterocycles. The number of aliphatic hydroxyl groups is 1. The van der Waals surface area contributed by atoms with Crippen molar-refractivity contribution in [1.82, 2.24) is 4.72 Å². The summed E-state index contributed by atoms with van der Waals surface area (Å²) in [6, 6.07) is 3.25. The van der Waals surface area contributed by atoms with Crippen LogP contribution in [-0.2, 0) is 10.0 Å². The van der Waals surface area contributed by atoms with Crippen molar-refractivity contribution in [3.05, 3.63) is 33.3 Å². The summed E-state index contributed by atoms with van der Waals surface area (Å²) >= 11 is 5.63. The number of aliphatic hydroxyl groups excluding tert-OH is 1. The molecule has 7 nitrogen and oxygen atoms in total. The number of sulfonamides is 1. The molecule has 0 unspecified atom stereocenters. The predicted octanol–water partition coefficient (Wildman–Crippen LogP) is 1.69. The Labute approximate surface area is 121 Å². The normalized spacial score (nSPS) is 12.4. The highest BCUT2D eigenvalue weighted by Crippen LogP contribution is 2.27. The zero-order valence-corrected chi connectivity index (χ0v) is 12.5. The molecule has 112 valence electrons. The highest BCUT2D eigenvalue weighted by atomic mass is 35.5. The summed E-state index contributed by atoms with van der Waals surface area (Å²) in [4.78, 5) is 9.76.